The van der Waals surface area contributed by atoms with Crippen molar-refractivity contribution in [2.45, 2.75) is 37.1 Å². The second kappa shape index (κ2) is 5.44. The van der Waals surface area contributed by atoms with Gasteiger partial charge in [-0.2, -0.15) is 0 Å². The van der Waals surface area contributed by atoms with Crippen molar-refractivity contribution in [1.29, 1.82) is 0 Å². The van der Waals surface area contributed by atoms with Crippen LogP contribution in [0, 0.1) is 0 Å². The zero-order chi connectivity index (χ0) is 12.4. The second-order valence-corrected chi connectivity index (χ2v) is 5.74. The Morgan fingerprint density at radius 3 is 3.06 bits per heavy atom. The molecule has 0 saturated carbocycles. The molecular weight excluding hydrogens is 298 g/mol. The Labute approximate surface area is 116 Å². The lowest BCUT2D eigenvalue weighted by Crippen LogP contribution is -2.35. The van der Waals surface area contributed by atoms with Crippen LogP contribution in [0.25, 0.3) is 0 Å². The Hall–Kier alpha value is -0.480. The number of hydrogen-bond acceptors (Lipinski definition) is 2. The van der Waals surface area contributed by atoms with E-state index in [2.05, 4.69) is 35.5 Å². The molecule has 1 aromatic rings. The summed E-state index contributed by atoms with van der Waals surface area (Å²) in [5.41, 5.74) is 0.720. The Balaban J connectivity index is 2.27. The molecule has 1 heterocycles. The van der Waals surface area contributed by atoms with Gasteiger partial charge in [-0.05, 0) is 53.4 Å². The van der Waals surface area contributed by atoms with Crippen molar-refractivity contribution in [1.82, 2.24) is 4.90 Å². The van der Waals surface area contributed by atoms with Crippen LogP contribution in [0.1, 0.15) is 36.5 Å². The van der Waals surface area contributed by atoms with E-state index in [9.17, 15) is 4.79 Å². The van der Waals surface area contributed by atoms with Gasteiger partial charge in [0.15, 0.2) is 0 Å². The number of halogens is 1. The maximum absolute atomic E-state index is 12.5. The van der Waals surface area contributed by atoms with Crippen molar-refractivity contribution in [2.75, 3.05) is 6.54 Å². The third kappa shape index (κ3) is 2.68. The highest BCUT2D eigenvalue weighted by atomic mass is 79.9. The largest absolute Gasteiger partial charge is 0.336 e. The smallest absolute Gasteiger partial charge is 0.255 e. The highest BCUT2D eigenvalue weighted by molar-refractivity contribution is 9.10. The monoisotopic (exact) mass is 313 g/mol. The highest BCUT2D eigenvalue weighted by Gasteiger charge is 2.28. The van der Waals surface area contributed by atoms with Crippen LogP contribution in [0.15, 0.2) is 27.6 Å². The Morgan fingerprint density at radius 1 is 1.59 bits per heavy atom. The molecular formula is C13H16BrNOS. The molecule has 0 N–H and O–H groups in total. The summed E-state index contributed by atoms with van der Waals surface area (Å²) in [6.07, 6.45) is 3.27. The molecule has 92 valence electrons. The van der Waals surface area contributed by atoms with Crippen LogP contribution in [-0.2, 0) is 0 Å². The summed E-state index contributed by atoms with van der Waals surface area (Å²) in [5.74, 6) is 0.122. The first-order valence-electron chi connectivity index (χ1n) is 5.93. The number of thiol groups is 1. The van der Waals surface area contributed by atoms with Crippen LogP contribution in [0.3, 0.4) is 0 Å². The molecule has 1 aliphatic rings. The molecule has 17 heavy (non-hydrogen) atoms. The predicted octanol–water partition coefficient (Wildman–Crippen LogP) is 3.75. The minimum atomic E-state index is 0.122. The molecule has 1 unspecified atom stereocenters. The van der Waals surface area contributed by atoms with Crippen molar-refractivity contribution in [3.05, 3.63) is 28.2 Å². The third-order valence-electron chi connectivity index (χ3n) is 3.29. The summed E-state index contributed by atoms with van der Waals surface area (Å²) < 4.78 is 0.849. The van der Waals surface area contributed by atoms with E-state index in [1.165, 1.54) is 0 Å². The van der Waals surface area contributed by atoms with Crippen LogP contribution in [0.5, 0.6) is 0 Å². The predicted molar refractivity (Wildman–Crippen MR) is 75.7 cm³/mol. The van der Waals surface area contributed by atoms with E-state index >= 15 is 0 Å². The number of likely N-dealkylation sites (tertiary alicyclic amines) is 1. The van der Waals surface area contributed by atoms with Crippen molar-refractivity contribution in [2.24, 2.45) is 0 Å². The van der Waals surface area contributed by atoms with Gasteiger partial charge in [0.1, 0.15) is 0 Å². The van der Waals surface area contributed by atoms with Crippen molar-refractivity contribution in [3.63, 3.8) is 0 Å². The zero-order valence-corrected chi connectivity index (χ0v) is 12.3. The van der Waals surface area contributed by atoms with E-state index in [4.69, 9.17) is 0 Å². The molecule has 0 radical (unpaired) electrons. The van der Waals surface area contributed by atoms with Crippen LogP contribution in [0.2, 0.25) is 0 Å². The van der Waals surface area contributed by atoms with E-state index in [0.29, 0.717) is 6.04 Å². The summed E-state index contributed by atoms with van der Waals surface area (Å²) in [7, 11) is 0. The Bertz CT molecular complexity index is 435. The molecule has 2 rings (SSSR count). The molecule has 1 aliphatic heterocycles. The molecule has 1 atom stereocenters. The van der Waals surface area contributed by atoms with E-state index in [1.54, 1.807) is 0 Å². The maximum atomic E-state index is 12.5. The SMILES string of the molecule is CCC1CCCN1C(=O)c1cc(S)ccc1Br. The average Bonchev–Trinajstić information content (AvgIpc) is 2.79. The lowest BCUT2D eigenvalue weighted by Gasteiger charge is -2.24. The van der Waals surface area contributed by atoms with Gasteiger partial charge in [0.25, 0.3) is 5.91 Å². The van der Waals surface area contributed by atoms with Gasteiger partial charge in [0, 0.05) is 22.0 Å². The summed E-state index contributed by atoms with van der Waals surface area (Å²) in [6.45, 7) is 3.01. The van der Waals surface area contributed by atoms with Gasteiger partial charge >= 0.3 is 0 Å². The van der Waals surface area contributed by atoms with Gasteiger partial charge in [0.2, 0.25) is 0 Å². The van der Waals surface area contributed by atoms with Crippen LogP contribution in [-0.4, -0.2) is 23.4 Å². The van der Waals surface area contributed by atoms with Crippen LogP contribution in [0.4, 0.5) is 0 Å². The van der Waals surface area contributed by atoms with E-state index in [1.807, 2.05) is 23.1 Å². The Kier molecular flexibility index (Phi) is 4.15. The van der Waals surface area contributed by atoms with Gasteiger partial charge in [-0.3, -0.25) is 4.79 Å². The molecule has 1 fully saturated rings. The van der Waals surface area contributed by atoms with Gasteiger partial charge in [-0.1, -0.05) is 6.92 Å². The normalized spacial score (nSPS) is 19.7. The molecule has 1 amide bonds. The number of nitrogens with zero attached hydrogens (tertiary/aromatic N) is 1. The lowest BCUT2D eigenvalue weighted by atomic mass is 10.1. The third-order valence-corrected chi connectivity index (χ3v) is 4.26. The summed E-state index contributed by atoms with van der Waals surface area (Å²) >= 11 is 7.73. The number of carbonyl (C=O) groups is 1. The zero-order valence-electron chi connectivity index (χ0n) is 9.82. The summed E-state index contributed by atoms with van der Waals surface area (Å²) in [6, 6.07) is 6.00. The number of rotatable bonds is 2. The molecule has 1 aromatic carbocycles. The van der Waals surface area contributed by atoms with Gasteiger partial charge < -0.3 is 4.90 Å². The number of benzene rings is 1. The quantitative estimate of drug-likeness (QED) is 0.824. The van der Waals surface area contributed by atoms with Gasteiger partial charge in [-0.25, -0.2) is 0 Å². The van der Waals surface area contributed by atoms with Crippen molar-refractivity contribution < 1.29 is 4.79 Å². The molecule has 0 spiro atoms. The first-order chi connectivity index (χ1) is 8.13. The average molecular weight is 314 g/mol. The first kappa shape index (κ1) is 13.0. The molecule has 1 saturated heterocycles. The van der Waals surface area contributed by atoms with E-state index in [-0.39, 0.29) is 5.91 Å². The molecule has 0 aliphatic carbocycles. The minimum Gasteiger partial charge on any atom is -0.336 e. The summed E-state index contributed by atoms with van der Waals surface area (Å²) in [5, 5.41) is 0. The maximum Gasteiger partial charge on any atom is 0.255 e. The number of hydrogen-bond donors (Lipinski definition) is 1. The molecule has 2 nitrogen and oxygen atoms in total. The lowest BCUT2D eigenvalue weighted by molar-refractivity contribution is 0.0732. The van der Waals surface area contributed by atoms with Crippen molar-refractivity contribution >= 4 is 34.5 Å². The fourth-order valence-electron chi connectivity index (χ4n) is 2.36. The van der Waals surface area contributed by atoms with E-state index < -0.39 is 0 Å². The molecule has 0 bridgehead atoms. The molecule has 0 aromatic heterocycles. The number of amides is 1. The van der Waals surface area contributed by atoms with Gasteiger partial charge in [0.05, 0.1) is 5.56 Å². The number of carbonyl (C=O) groups excluding carboxylic acids is 1. The molecule has 4 heteroatoms. The van der Waals surface area contributed by atoms with Gasteiger partial charge in [-0.15, -0.1) is 12.6 Å². The second-order valence-electron chi connectivity index (χ2n) is 4.37. The van der Waals surface area contributed by atoms with Crippen LogP contribution < -0.4 is 0 Å². The topological polar surface area (TPSA) is 20.3 Å². The van der Waals surface area contributed by atoms with Crippen LogP contribution >= 0.6 is 28.6 Å². The fourth-order valence-corrected chi connectivity index (χ4v) is 2.98. The summed E-state index contributed by atoms with van der Waals surface area (Å²) in [4.78, 5) is 15.3. The minimum absolute atomic E-state index is 0.122. The van der Waals surface area contributed by atoms with Crippen molar-refractivity contribution in [3.8, 4) is 0 Å². The standard InChI is InChI=1S/C13H16BrNOS/c1-2-9-4-3-7-15(9)13(16)11-8-10(17)5-6-12(11)14/h5-6,8-9,17H,2-4,7H2,1H3. The fraction of sp³-hybridized carbons (Fsp3) is 0.462. The Morgan fingerprint density at radius 2 is 2.35 bits per heavy atom. The first-order valence-corrected chi connectivity index (χ1v) is 7.17. The highest BCUT2D eigenvalue weighted by Crippen LogP contribution is 2.26. The van der Waals surface area contributed by atoms with E-state index in [0.717, 1.165) is 40.7 Å².